The van der Waals surface area contributed by atoms with Crippen molar-refractivity contribution < 1.29 is 19.4 Å². The fraction of sp³-hybridized carbons (Fsp3) is 0.417. The normalized spacial score (nSPS) is 10.4. The van der Waals surface area contributed by atoms with E-state index in [1.807, 2.05) is 0 Å². The van der Waals surface area contributed by atoms with Crippen LogP contribution in [0.3, 0.4) is 0 Å². The summed E-state index contributed by atoms with van der Waals surface area (Å²) < 4.78 is 11.6. The molecule has 0 aliphatic carbocycles. The average molecular weight is 395 g/mol. The van der Waals surface area contributed by atoms with Crippen LogP contribution in [0, 0.1) is 11.3 Å². The third-order valence-electron chi connectivity index (χ3n) is 4.70. The molecule has 1 N–H and O–H groups in total. The summed E-state index contributed by atoms with van der Waals surface area (Å²) in [5.41, 5.74) is 1.68. The number of nitrogens with zero attached hydrogens (tertiary/aromatic N) is 1. The van der Waals surface area contributed by atoms with E-state index in [4.69, 9.17) is 14.7 Å². The zero-order valence-electron chi connectivity index (χ0n) is 17.2. The highest BCUT2D eigenvalue weighted by Crippen LogP contribution is 2.33. The van der Waals surface area contributed by atoms with E-state index in [-0.39, 0.29) is 11.5 Å². The molecule has 0 aliphatic heterocycles. The van der Waals surface area contributed by atoms with Gasteiger partial charge < -0.3 is 14.6 Å². The molecular formula is C24H29NO4. The summed E-state index contributed by atoms with van der Waals surface area (Å²) in [6.07, 6.45) is 5.42. The van der Waals surface area contributed by atoms with Crippen molar-refractivity contribution >= 4 is 5.78 Å². The third kappa shape index (κ3) is 6.83. The molecule has 0 bridgehead atoms. The van der Waals surface area contributed by atoms with Gasteiger partial charge in [-0.15, -0.1) is 0 Å². The number of phenols is 1. The number of unbranched alkanes of at least 4 members (excludes halogenated alkanes) is 3. The van der Waals surface area contributed by atoms with E-state index in [9.17, 15) is 9.90 Å². The van der Waals surface area contributed by atoms with Crippen LogP contribution in [0.25, 0.3) is 0 Å². The van der Waals surface area contributed by atoms with E-state index in [1.54, 1.807) is 36.4 Å². The Morgan fingerprint density at radius 1 is 1.00 bits per heavy atom. The minimum atomic E-state index is -0.147. The monoisotopic (exact) mass is 395 g/mol. The first-order valence-electron chi connectivity index (χ1n) is 10.2. The second-order valence-electron chi connectivity index (χ2n) is 6.99. The molecule has 5 heteroatoms. The Morgan fingerprint density at radius 3 is 2.31 bits per heavy atom. The predicted molar refractivity (Wildman–Crippen MR) is 113 cm³/mol. The van der Waals surface area contributed by atoms with Crippen molar-refractivity contribution in [3.05, 3.63) is 53.1 Å². The van der Waals surface area contributed by atoms with Crippen LogP contribution in [0.15, 0.2) is 36.4 Å². The maximum absolute atomic E-state index is 11.7. The first-order valence-corrected chi connectivity index (χ1v) is 10.2. The van der Waals surface area contributed by atoms with Gasteiger partial charge in [-0.1, -0.05) is 19.8 Å². The van der Waals surface area contributed by atoms with Crippen molar-refractivity contribution in [1.82, 2.24) is 0 Å². The first kappa shape index (κ1) is 22.3. The minimum absolute atomic E-state index is 0.0512. The van der Waals surface area contributed by atoms with E-state index < -0.39 is 0 Å². The van der Waals surface area contributed by atoms with Crippen LogP contribution in [-0.4, -0.2) is 24.1 Å². The van der Waals surface area contributed by atoms with E-state index in [1.165, 1.54) is 6.92 Å². The van der Waals surface area contributed by atoms with Crippen molar-refractivity contribution in [1.29, 1.82) is 5.26 Å². The van der Waals surface area contributed by atoms with E-state index in [2.05, 4.69) is 13.0 Å². The zero-order valence-corrected chi connectivity index (χ0v) is 17.2. The van der Waals surface area contributed by atoms with Crippen LogP contribution in [0.1, 0.15) is 67.4 Å². The summed E-state index contributed by atoms with van der Waals surface area (Å²) in [6.45, 7) is 4.66. The first-order chi connectivity index (χ1) is 14.1. The van der Waals surface area contributed by atoms with Gasteiger partial charge in [0.05, 0.1) is 30.4 Å². The van der Waals surface area contributed by atoms with Gasteiger partial charge in [0.1, 0.15) is 17.2 Å². The predicted octanol–water partition coefficient (Wildman–Crippen LogP) is 5.44. The fourth-order valence-electron chi connectivity index (χ4n) is 3.03. The maximum atomic E-state index is 11.7. The highest BCUT2D eigenvalue weighted by atomic mass is 16.5. The maximum Gasteiger partial charge on any atom is 0.163 e. The molecule has 154 valence electrons. The number of rotatable bonds is 12. The number of ether oxygens (including phenoxy) is 2. The molecule has 0 heterocycles. The molecule has 0 saturated heterocycles. The summed E-state index contributed by atoms with van der Waals surface area (Å²) in [7, 11) is 0. The van der Waals surface area contributed by atoms with Gasteiger partial charge in [-0.25, -0.2) is 0 Å². The van der Waals surface area contributed by atoms with E-state index in [0.29, 0.717) is 36.5 Å². The van der Waals surface area contributed by atoms with E-state index in [0.717, 1.165) is 43.4 Å². The van der Waals surface area contributed by atoms with Gasteiger partial charge in [0, 0.05) is 5.56 Å². The number of Topliss-reactive ketones (excluding diaryl/α,β-unsaturated/α-hetero) is 1. The van der Waals surface area contributed by atoms with Gasteiger partial charge in [-0.2, -0.15) is 5.26 Å². The number of hydrogen-bond acceptors (Lipinski definition) is 5. The fourth-order valence-corrected chi connectivity index (χ4v) is 3.03. The van der Waals surface area contributed by atoms with Gasteiger partial charge in [0.25, 0.3) is 0 Å². The van der Waals surface area contributed by atoms with Crippen LogP contribution in [-0.2, 0) is 6.42 Å². The molecule has 2 aromatic carbocycles. The Morgan fingerprint density at radius 2 is 1.69 bits per heavy atom. The molecule has 0 aromatic heterocycles. The van der Waals surface area contributed by atoms with Crippen LogP contribution in [0.5, 0.6) is 17.2 Å². The van der Waals surface area contributed by atoms with Gasteiger partial charge >= 0.3 is 0 Å². The summed E-state index contributed by atoms with van der Waals surface area (Å²) in [5, 5.41) is 19.3. The number of benzene rings is 2. The highest BCUT2D eigenvalue weighted by Gasteiger charge is 2.16. The molecule has 0 amide bonds. The number of hydrogen-bond donors (Lipinski definition) is 1. The van der Waals surface area contributed by atoms with Crippen molar-refractivity contribution in [2.75, 3.05) is 13.2 Å². The molecule has 0 spiro atoms. The van der Waals surface area contributed by atoms with Crippen LogP contribution < -0.4 is 9.47 Å². The molecular weight excluding hydrogens is 366 g/mol. The van der Waals surface area contributed by atoms with Gasteiger partial charge in [0.15, 0.2) is 5.78 Å². The number of phenolic OH excluding ortho intramolecular Hbond substituents is 1. The number of aromatic hydroxyl groups is 1. The van der Waals surface area contributed by atoms with Crippen molar-refractivity contribution in [2.24, 2.45) is 0 Å². The largest absolute Gasteiger partial charge is 0.507 e. The quantitative estimate of drug-likeness (QED) is 0.382. The zero-order chi connectivity index (χ0) is 21.1. The second kappa shape index (κ2) is 11.8. The Hall–Kier alpha value is -3.00. The van der Waals surface area contributed by atoms with Gasteiger partial charge in [-0.05, 0) is 69.0 Å². The number of ketones is 1. The Balaban J connectivity index is 1.84. The molecule has 0 saturated carbocycles. The molecule has 5 nitrogen and oxygen atoms in total. The lowest BCUT2D eigenvalue weighted by Gasteiger charge is -2.15. The summed E-state index contributed by atoms with van der Waals surface area (Å²) in [4.78, 5) is 11.7. The van der Waals surface area contributed by atoms with E-state index >= 15 is 0 Å². The second-order valence-corrected chi connectivity index (χ2v) is 6.99. The van der Waals surface area contributed by atoms with Crippen LogP contribution in [0.2, 0.25) is 0 Å². The molecule has 0 radical (unpaired) electrons. The van der Waals surface area contributed by atoms with Gasteiger partial charge in [0.2, 0.25) is 0 Å². The van der Waals surface area contributed by atoms with Crippen molar-refractivity contribution in [3.8, 4) is 23.3 Å². The van der Waals surface area contributed by atoms with Crippen LogP contribution in [0.4, 0.5) is 0 Å². The lowest BCUT2D eigenvalue weighted by Crippen LogP contribution is -2.05. The Labute approximate surface area is 172 Å². The van der Waals surface area contributed by atoms with Crippen LogP contribution >= 0.6 is 0 Å². The molecule has 0 aliphatic rings. The minimum Gasteiger partial charge on any atom is -0.507 e. The molecule has 2 rings (SSSR count). The SMILES string of the molecule is CCCCCc1c(OCCCCOc2ccc(C#N)cc2)ccc(C(C)=O)c1O. The van der Waals surface area contributed by atoms with Crippen molar-refractivity contribution in [2.45, 2.75) is 52.4 Å². The highest BCUT2D eigenvalue weighted by molar-refractivity contribution is 5.97. The lowest BCUT2D eigenvalue weighted by atomic mass is 10.00. The summed E-state index contributed by atoms with van der Waals surface area (Å²) in [6, 6.07) is 12.5. The number of nitriles is 1. The number of carbonyl (C=O) groups is 1. The standard InChI is InChI=1S/C24H29NO4/c1-3-4-5-8-22-23(14-13-21(18(2)26)24(22)27)29-16-7-6-15-28-20-11-9-19(17-25)10-12-20/h9-14,27H,3-8,15-16H2,1-2H3. The summed E-state index contributed by atoms with van der Waals surface area (Å²) in [5.74, 6) is 1.30. The third-order valence-corrected chi connectivity index (χ3v) is 4.70. The lowest BCUT2D eigenvalue weighted by molar-refractivity contribution is 0.101. The molecule has 0 atom stereocenters. The molecule has 0 fully saturated rings. The molecule has 0 unspecified atom stereocenters. The molecule has 29 heavy (non-hydrogen) atoms. The number of carbonyl (C=O) groups excluding carboxylic acids is 1. The van der Waals surface area contributed by atoms with Crippen molar-refractivity contribution in [3.63, 3.8) is 0 Å². The topological polar surface area (TPSA) is 79.5 Å². The molecule has 2 aromatic rings. The van der Waals surface area contributed by atoms with Gasteiger partial charge in [-0.3, -0.25) is 4.79 Å². The Bertz CT molecular complexity index is 837. The smallest absolute Gasteiger partial charge is 0.163 e. The Kier molecular flexibility index (Phi) is 9.04. The average Bonchev–Trinajstić information content (AvgIpc) is 2.72. The summed E-state index contributed by atoms with van der Waals surface area (Å²) >= 11 is 0.